The fourth-order valence-electron chi connectivity index (χ4n) is 1.80. The molecule has 2 aromatic rings. The lowest BCUT2D eigenvalue weighted by Crippen LogP contribution is -2.30. The van der Waals surface area contributed by atoms with Crippen molar-refractivity contribution in [3.8, 4) is 0 Å². The van der Waals surface area contributed by atoms with Gasteiger partial charge in [-0.05, 0) is 18.2 Å². The molecule has 0 aliphatic rings. The van der Waals surface area contributed by atoms with Crippen LogP contribution >= 0.6 is 11.6 Å². The number of hydrogen-bond acceptors (Lipinski definition) is 6. The third-order valence-corrected chi connectivity index (χ3v) is 3.17. The molecular formula is C15H14ClF2N3O4. The average molecular weight is 374 g/mol. The first-order chi connectivity index (χ1) is 11.9. The molecule has 0 saturated carbocycles. The molecule has 1 amide bonds. The Morgan fingerprint density at radius 2 is 2.12 bits per heavy atom. The van der Waals surface area contributed by atoms with Crippen LogP contribution in [0.15, 0.2) is 30.6 Å². The van der Waals surface area contributed by atoms with Crippen LogP contribution in [-0.2, 0) is 4.84 Å². The predicted molar refractivity (Wildman–Crippen MR) is 85.4 cm³/mol. The second-order valence-electron chi connectivity index (χ2n) is 4.88. The zero-order valence-electron chi connectivity index (χ0n) is 12.7. The number of aromatic nitrogens is 1. The minimum atomic E-state index is -1.27. The molecule has 0 unspecified atom stereocenters. The van der Waals surface area contributed by atoms with Crippen LogP contribution in [0.3, 0.4) is 0 Å². The summed E-state index contributed by atoms with van der Waals surface area (Å²) < 4.78 is 27.7. The summed E-state index contributed by atoms with van der Waals surface area (Å²) in [6.45, 7) is -0.942. The number of aliphatic hydroxyl groups excluding tert-OH is 2. The maximum absolute atomic E-state index is 14.1. The molecule has 0 fully saturated rings. The Hall–Kier alpha value is -2.33. The highest BCUT2D eigenvalue weighted by atomic mass is 35.5. The minimum Gasteiger partial charge on any atom is -0.394 e. The molecule has 7 nitrogen and oxygen atoms in total. The standard InChI is InChI=1S/C15H14ClF2N3O4/c16-8-3-9(5-19-4-8)20-14-11(1-2-12(17)13(14)18)15(24)21-25-7-10(23)6-22/h1-5,10,20,22-23H,6-7H2,(H,21,24)/t10-/m1/s1. The zero-order chi connectivity index (χ0) is 18.4. The number of amides is 1. The SMILES string of the molecule is O=C(NOC[C@H](O)CO)c1ccc(F)c(F)c1Nc1cncc(Cl)c1. The van der Waals surface area contributed by atoms with E-state index in [1.54, 1.807) is 0 Å². The number of benzene rings is 1. The maximum Gasteiger partial charge on any atom is 0.277 e. The number of hydrogen-bond donors (Lipinski definition) is 4. The van der Waals surface area contributed by atoms with Gasteiger partial charge in [0.2, 0.25) is 0 Å². The van der Waals surface area contributed by atoms with Gasteiger partial charge < -0.3 is 15.5 Å². The van der Waals surface area contributed by atoms with Crippen LogP contribution in [0.25, 0.3) is 0 Å². The van der Waals surface area contributed by atoms with E-state index in [9.17, 15) is 13.6 Å². The van der Waals surface area contributed by atoms with E-state index in [-0.39, 0.29) is 22.9 Å². The Bertz CT molecular complexity index is 764. The van der Waals surface area contributed by atoms with Gasteiger partial charge in [0.05, 0.1) is 34.8 Å². The maximum atomic E-state index is 14.1. The molecule has 0 spiro atoms. The predicted octanol–water partition coefficient (Wildman–Crippen LogP) is 1.77. The summed E-state index contributed by atoms with van der Waals surface area (Å²) >= 11 is 5.78. The van der Waals surface area contributed by atoms with Crippen LogP contribution in [0.5, 0.6) is 0 Å². The Kier molecular flexibility index (Phi) is 6.59. The smallest absolute Gasteiger partial charge is 0.277 e. The van der Waals surface area contributed by atoms with Crippen LogP contribution in [0.2, 0.25) is 5.02 Å². The third-order valence-electron chi connectivity index (χ3n) is 2.97. The first-order valence-electron chi connectivity index (χ1n) is 6.99. The van der Waals surface area contributed by atoms with E-state index in [1.165, 1.54) is 18.5 Å². The summed E-state index contributed by atoms with van der Waals surface area (Å²) in [5.74, 6) is -3.32. The third kappa shape index (κ3) is 5.07. The van der Waals surface area contributed by atoms with E-state index in [2.05, 4.69) is 10.3 Å². The van der Waals surface area contributed by atoms with Crippen LogP contribution in [-0.4, -0.2) is 40.4 Å². The molecule has 2 rings (SSSR count). The molecule has 0 radical (unpaired) electrons. The summed E-state index contributed by atoms with van der Waals surface area (Å²) in [6, 6.07) is 3.25. The van der Waals surface area contributed by atoms with Crippen molar-refractivity contribution in [1.29, 1.82) is 0 Å². The summed E-state index contributed by atoms with van der Waals surface area (Å²) in [7, 11) is 0. The number of aliphatic hydroxyl groups is 2. The number of halogens is 3. The van der Waals surface area contributed by atoms with Crippen molar-refractivity contribution in [3.63, 3.8) is 0 Å². The van der Waals surface area contributed by atoms with Gasteiger partial charge in [0.1, 0.15) is 12.7 Å². The highest BCUT2D eigenvalue weighted by molar-refractivity contribution is 6.30. The summed E-state index contributed by atoms with van der Waals surface area (Å²) in [4.78, 5) is 20.6. The molecule has 0 bridgehead atoms. The molecule has 0 aliphatic carbocycles. The quantitative estimate of drug-likeness (QED) is 0.551. The zero-order valence-corrected chi connectivity index (χ0v) is 13.4. The highest BCUT2D eigenvalue weighted by Gasteiger charge is 2.19. The van der Waals surface area contributed by atoms with Gasteiger partial charge in [-0.25, -0.2) is 14.3 Å². The molecule has 1 atom stereocenters. The van der Waals surface area contributed by atoms with Crippen molar-refractivity contribution in [3.05, 3.63) is 52.8 Å². The Balaban J connectivity index is 2.23. The number of nitrogens with one attached hydrogen (secondary N) is 2. The van der Waals surface area contributed by atoms with Gasteiger partial charge in [-0.3, -0.25) is 14.6 Å². The van der Waals surface area contributed by atoms with Crippen molar-refractivity contribution in [2.75, 3.05) is 18.5 Å². The van der Waals surface area contributed by atoms with Gasteiger partial charge >= 0.3 is 0 Å². The summed E-state index contributed by atoms with van der Waals surface area (Å²) in [6.07, 6.45) is 1.47. The van der Waals surface area contributed by atoms with Gasteiger partial charge in [0.25, 0.3) is 5.91 Å². The van der Waals surface area contributed by atoms with Crippen molar-refractivity contribution in [1.82, 2.24) is 10.5 Å². The van der Waals surface area contributed by atoms with E-state index in [0.29, 0.717) is 0 Å². The topological polar surface area (TPSA) is 104 Å². The Labute approximate surface area is 146 Å². The molecule has 10 heteroatoms. The fourth-order valence-corrected chi connectivity index (χ4v) is 1.97. The normalized spacial score (nSPS) is 11.9. The molecule has 25 heavy (non-hydrogen) atoms. The molecule has 4 N–H and O–H groups in total. The van der Waals surface area contributed by atoms with E-state index in [4.69, 9.17) is 26.7 Å². The lowest BCUT2D eigenvalue weighted by molar-refractivity contribution is -0.0295. The van der Waals surface area contributed by atoms with Gasteiger partial charge in [0.15, 0.2) is 11.6 Å². The molecule has 1 aromatic heterocycles. The van der Waals surface area contributed by atoms with Crippen LogP contribution < -0.4 is 10.8 Å². The van der Waals surface area contributed by atoms with Crippen molar-refractivity contribution < 1.29 is 28.6 Å². The van der Waals surface area contributed by atoms with E-state index >= 15 is 0 Å². The number of carbonyl (C=O) groups excluding carboxylic acids is 1. The Morgan fingerprint density at radius 1 is 1.36 bits per heavy atom. The minimum absolute atomic E-state index is 0.239. The number of rotatable bonds is 7. The van der Waals surface area contributed by atoms with Crippen molar-refractivity contribution in [2.24, 2.45) is 0 Å². The molecule has 1 heterocycles. The largest absolute Gasteiger partial charge is 0.394 e. The van der Waals surface area contributed by atoms with Gasteiger partial charge in [0, 0.05) is 6.20 Å². The van der Waals surface area contributed by atoms with Crippen molar-refractivity contribution >= 4 is 28.9 Å². The molecule has 0 aliphatic heterocycles. The second-order valence-corrected chi connectivity index (χ2v) is 5.32. The molecular weight excluding hydrogens is 360 g/mol. The highest BCUT2D eigenvalue weighted by Crippen LogP contribution is 2.27. The van der Waals surface area contributed by atoms with Crippen LogP contribution in [0, 0.1) is 11.6 Å². The van der Waals surface area contributed by atoms with E-state index in [0.717, 1.165) is 12.1 Å². The summed E-state index contributed by atoms with van der Waals surface area (Å²) in [5.41, 5.74) is 1.52. The van der Waals surface area contributed by atoms with Crippen LogP contribution in [0.4, 0.5) is 20.2 Å². The number of pyridine rings is 1. The van der Waals surface area contributed by atoms with Crippen molar-refractivity contribution in [2.45, 2.75) is 6.10 Å². The molecule has 0 saturated heterocycles. The lowest BCUT2D eigenvalue weighted by Gasteiger charge is -2.14. The molecule has 1 aromatic carbocycles. The van der Waals surface area contributed by atoms with Gasteiger partial charge in [-0.2, -0.15) is 0 Å². The number of hydroxylamine groups is 1. The van der Waals surface area contributed by atoms with Gasteiger partial charge in [-0.15, -0.1) is 0 Å². The first-order valence-corrected chi connectivity index (χ1v) is 7.36. The van der Waals surface area contributed by atoms with E-state index < -0.39 is 35.9 Å². The fraction of sp³-hybridized carbons (Fsp3) is 0.200. The second kappa shape index (κ2) is 8.67. The first kappa shape index (κ1) is 19.0. The number of nitrogens with zero attached hydrogens (tertiary/aromatic N) is 1. The summed E-state index contributed by atoms with van der Waals surface area (Å²) in [5, 5.41) is 20.6. The van der Waals surface area contributed by atoms with Gasteiger partial charge in [-0.1, -0.05) is 11.6 Å². The Morgan fingerprint density at radius 3 is 2.80 bits per heavy atom. The average Bonchev–Trinajstić information content (AvgIpc) is 2.59. The lowest BCUT2D eigenvalue weighted by atomic mass is 10.1. The van der Waals surface area contributed by atoms with E-state index in [1.807, 2.05) is 5.48 Å². The van der Waals surface area contributed by atoms with Crippen LogP contribution in [0.1, 0.15) is 10.4 Å². The molecule has 134 valence electrons. The number of anilines is 2. The monoisotopic (exact) mass is 373 g/mol. The number of carbonyl (C=O) groups is 1.